The molecule has 0 fully saturated rings. The molecule has 0 aliphatic heterocycles. The summed E-state index contributed by atoms with van der Waals surface area (Å²) in [5.41, 5.74) is 5.96. The highest BCUT2D eigenvalue weighted by molar-refractivity contribution is 6.30. The number of hydrogen-bond donors (Lipinski definition) is 0. The van der Waals surface area contributed by atoms with E-state index in [1.54, 1.807) is 31.6 Å². The summed E-state index contributed by atoms with van der Waals surface area (Å²) in [6, 6.07) is 22.7. The van der Waals surface area contributed by atoms with Gasteiger partial charge in [0.1, 0.15) is 6.10 Å². The Bertz CT molecular complexity index is 1320. The Morgan fingerprint density at radius 1 is 1.12 bits per heavy atom. The van der Waals surface area contributed by atoms with Crippen LogP contribution in [-0.2, 0) is 18.4 Å². The lowest BCUT2D eigenvalue weighted by Crippen LogP contribution is -2.11. The number of hydrogen-bond acceptors (Lipinski definition) is 4. The standard InChI is InChI=1S/C27H22ClN3O2/c1-18(32)20-7-9-21(10-8-20)25-13-24(28)12-11-23(25)16-33-27(26-15-30-17-31(26)2)22-5-3-19(14-29)4-6-22/h3-13,15,17,27H,16H2,1-2H3. The predicted octanol–water partition coefficient (Wildman–Crippen LogP) is 6.12. The van der Waals surface area contributed by atoms with Crippen LogP contribution in [0.5, 0.6) is 0 Å². The minimum atomic E-state index is -0.367. The normalized spacial score (nSPS) is 11.7. The van der Waals surface area contributed by atoms with Crippen molar-refractivity contribution in [2.45, 2.75) is 19.6 Å². The van der Waals surface area contributed by atoms with Crippen molar-refractivity contribution in [3.8, 4) is 17.2 Å². The Hall–Kier alpha value is -3.72. The lowest BCUT2D eigenvalue weighted by atomic mass is 9.98. The van der Waals surface area contributed by atoms with Crippen LogP contribution in [-0.4, -0.2) is 15.3 Å². The molecule has 33 heavy (non-hydrogen) atoms. The van der Waals surface area contributed by atoms with Gasteiger partial charge < -0.3 is 9.30 Å². The highest BCUT2D eigenvalue weighted by Gasteiger charge is 2.19. The second kappa shape index (κ2) is 9.83. The van der Waals surface area contributed by atoms with Gasteiger partial charge in [-0.25, -0.2) is 4.98 Å². The molecule has 0 N–H and O–H groups in total. The molecule has 4 rings (SSSR count). The predicted molar refractivity (Wildman–Crippen MR) is 128 cm³/mol. The number of nitriles is 1. The zero-order valence-electron chi connectivity index (χ0n) is 18.3. The number of imidazole rings is 1. The number of ether oxygens (including phenoxy) is 1. The van der Waals surface area contributed by atoms with E-state index in [0.29, 0.717) is 22.8 Å². The average Bonchev–Trinajstić information content (AvgIpc) is 3.26. The van der Waals surface area contributed by atoms with E-state index in [1.165, 1.54) is 0 Å². The quantitative estimate of drug-likeness (QED) is 0.315. The molecule has 0 aliphatic rings. The van der Waals surface area contributed by atoms with Gasteiger partial charge in [0.25, 0.3) is 0 Å². The van der Waals surface area contributed by atoms with Gasteiger partial charge in [-0.15, -0.1) is 0 Å². The second-order valence-corrected chi connectivity index (χ2v) is 8.23. The van der Waals surface area contributed by atoms with Crippen LogP contribution in [0, 0.1) is 11.3 Å². The molecule has 1 unspecified atom stereocenters. The number of benzene rings is 3. The maximum atomic E-state index is 11.6. The van der Waals surface area contributed by atoms with Crippen LogP contribution in [0.15, 0.2) is 79.3 Å². The third-order valence-electron chi connectivity index (χ3n) is 5.54. The molecule has 0 saturated heterocycles. The topological polar surface area (TPSA) is 67.9 Å². The van der Waals surface area contributed by atoms with E-state index < -0.39 is 0 Å². The summed E-state index contributed by atoms with van der Waals surface area (Å²) in [4.78, 5) is 15.9. The molecule has 6 heteroatoms. The van der Waals surface area contributed by atoms with E-state index in [-0.39, 0.29) is 11.9 Å². The number of aryl methyl sites for hydroxylation is 1. The van der Waals surface area contributed by atoms with E-state index >= 15 is 0 Å². The van der Waals surface area contributed by atoms with E-state index in [1.807, 2.05) is 66.2 Å². The summed E-state index contributed by atoms with van der Waals surface area (Å²) in [6.45, 7) is 1.88. The summed E-state index contributed by atoms with van der Waals surface area (Å²) in [6.07, 6.45) is 3.15. The summed E-state index contributed by atoms with van der Waals surface area (Å²) in [5, 5.41) is 9.76. The van der Waals surface area contributed by atoms with E-state index in [2.05, 4.69) is 11.1 Å². The molecule has 4 aromatic rings. The van der Waals surface area contributed by atoms with Gasteiger partial charge in [0.2, 0.25) is 0 Å². The number of aromatic nitrogens is 2. The van der Waals surface area contributed by atoms with Crippen molar-refractivity contribution >= 4 is 17.4 Å². The zero-order chi connectivity index (χ0) is 23.4. The number of rotatable bonds is 7. The van der Waals surface area contributed by atoms with Gasteiger partial charge in [0, 0.05) is 17.6 Å². The van der Waals surface area contributed by atoms with Gasteiger partial charge >= 0.3 is 0 Å². The number of Topliss-reactive ketones (excluding diaryl/α,β-unsaturated/α-hetero) is 1. The number of ketones is 1. The number of carbonyl (C=O) groups is 1. The summed E-state index contributed by atoms with van der Waals surface area (Å²) in [7, 11) is 1.92. The fourth-order valence-corrected chi connectivity index (χ4v) is 3.88. The Kier molecular flexibility index (Phi) is 6.69. The van der Waals surface area contributed by atoms with E-state index in [0.717, 1.165) is 27.9 Å². The van der Waals surface area contributed by atoms with Crippen LogP contribution in [0.4, 0.5) is 0 Å². The first kappa shape index (κ1) is 22.5. The average molecular weight is 456 g/mol. The number of halogens is 1. The first-order chi connectivity index (χ1) is 16.0. The van der Waals surface area contributed by atoms with Gasteiger partial charge in [-0.2, -0.15) is 5.26 Å². The van der Waals surface area contributed by atoms with Gasteiger partial charge in [0.15, 0.2) is 5.78 Å². The van der Waals surface area contributed by atoms with Crippen LogP contribution in [0.2, 0.25) is 5.02 Å². The Balaban J connectivity index is 1.66. The van der Waals surface area contributed by atoms with Gasteiger partial charge in [-0.1, -0.05) is 54.1 Å². The molecule has 1 heterocycles. The number of carbonyl (C=O) groups excluding carboxylic acids is 1. The maximum absolute atomic E-state index is 11.6. The number of nitrogens with zero attached hydrogens (tertiary/aromatic N) is 3. The largest absolute Gasteiger partial charge is 0.362 e. The third kappa shape index (κ3) is 5.04. The van der Waals surface area contributed by atoms with Gasteiger partial charge in [0.05, 0.1) is 36.5 Å². The SMILES string of the molecule is CC(=O)c1ccc(-c2cc(Cl)ccc2COC(c2ccc(C#N)cc2)c2cncn2C)cc1. The molecule has 0 bridgehead atoms. The second-order valence-electron chi connectivity index (χ2n) is 7.79. The molecule has 0 spiro atoms. The smallest absolute Gasteiger partial charge is 0.159 e. The molecular weight excluding hydrogens is 434 g/mol. The van der Waals surface area contributed by atoms with Crippen LogP contribution in [0.25, 0.3) is 11.1 Å². The summed E-state index contributed by atoms with van der Waals surface area (Å²) < 4.78 is 8.36. The van der Waals surface area contributed by atoms with Crippen LogP contribution >= 0.6 is 11.6 Å². The molecule has 1 atom stereocenters. The molecule has 3 aromatic carbocycles. The molecule has 5 nitrogen and oxygen atoms in total. The monoisotopic (exact) mass is 455 g/mol. The first-order valence-corrected chi connectivity index (χ1v) is 10.8. The zero-order valence-corrected chi connectivity index (χ0v) is 19.1. The van der Waals surface area contributed by atoms with Crippen molar-refractivity contribution in [2.24, 2.45) is 7.05 Å². The third-order valence-corrected chi connectivity index (χ3v) is 5.78. The molecular formula is C27H22ClN3O2. The first-order valence-electron chi connectivity index (χ1n) is 10.4. The lowest BCUT2D eigenvalue weighted by molar-refractivity contribution is 0.0624. The van der Waals surface area contributed by atoms with Crippen molar-refractivity contribution in [2.75, 3.05) is 0 Å². The highest BCUT2D eigenvalue weighted by Crippen LogP contribution is 2.32. The molecule has 0 aliphatic carbocycles. The molecule has 1 aromatic heterocycles. The van der Waals surface area contributed by atoms with Crippen molar-refractivity contribution in [3.63, 3.8) is 0 Å². The van der Waals surface area contributed by atoms with E-state index in [9.17, 15) is 4.79 Å². The minimum absolute atomic E-state index is 0.0256. The van der Waals surface area contributed by atoms with Crippen LogP contribution < -0.4 is 0 Å². The fourth-order valence-electron chi connectivity index (χ4n) is 3.71. The fraction of sp³-hybridized carbons (Fsp3) is 0.148. The summed E-state index contributed by atoms with van der Waals surface area (Å²) in [5.74, 6) is 0.0256. The van der Waals surface area contributed by atoms with Gasteiger partial charge in [-0.05, 0) is 53.4 Å². The Labute approximate surface area is 197 Å². The Morgan fingerprint density at radius 3 is 2.45 bits per heavy atom. The van der Waals surface area contributed by atoms with Crippen molar-refractivity contribution < 1.29 is 9.53 Å². The molecule has 0 radical (unpaired) electrons. The molecule has 0 saturated carbocycles. The van der Waals surface area contributed by atoms with E-state index in [4.69, 9.17) is 21.6 Å². The highest BCUT2D eigenvalue weighted by atomic mass is 35.5. The van der Waals surface area contributed by atoms with Crippen molar-refractivity contribution in [1.29, 1.82) is 5.26 Å². The van der Waals surface area contributed by atoms with Crippen molar-refractivity contribution in [1.82, 2.24) is 9.55 Å². The lowest BCUT2D eigenvalue weighted by Gasteiger charge is -2.20. The molecule has 164 valence electrons. The van der Waals surface area contributed by atoms with Crippen molar-refractivity contribution in [3.05, 3.63) is 112 Å². The molecule has 0 amide bonds. The minimum Gasteiger partial charge on any atom is -0.362 e. The maximum Gasteiger partial charge on any atom is 0.159 e. The Morgan fingerprint density at radius 2 is 1.85 bits per heavy atom. The van der Waals surface area contributed by atoms with Crippen LogP contribution in [0.1, 0.15) is 45.8 Å². The van der Waals surface area contributed by atoms with Gasteiger partial charge in [-0.3, -0.25) is 4.79 Å². The summed E-state index contributed by atoms with van der Waals surface area (Å²) >= 11 is 6.30. The van der Waals surface area contributed by atoms with Crippen LogP contribution in [0.3, 0.4) is 0 Å².